The Morgan fingerprint density at radius 1 is 1.07 bits per heavy atom. The number of nitriles is 1. The maximum atomic E-state index is 13.3. The monoisotopic (exact) mass is 537 g/mol. The Balaban J connectivity index is 1.41. The lowest BCUT2D eigenvalue weighted by atomic mass is 9.92. The molecule has 10 nitrogen and oxygen atoms in total. The molecule has 1 N–H and O–H groups in total. The molecule has 3 aromatic heterocycles. The summed E-state index contributed by atoms with van der Waals surface area (Å²) >= 11 is 0. The number of nitrogens with zero attached hydrogens (tertiary/aromatic N) is 8. The number of nitrogens with one attached hydrogen (secondary N) is 1. The largest absolute Gasteiger partial charge is 0.369 e. The van der Waals surface area contributed by atoms with Crippen molar-refractivity contribution in [3.05, 3.63) is 77.4 Å². The molecule has 4 heterocycles. The molecule has 5 rings (SSSR count). The Labute approximate surface area is 234 Å². The highest BCUT2D eigenvalue weighted by molar-refractivity contribution is 5.77. The minimum Gasteiger partial charge on any atom is -0.369 e. The quantitative estimate of drug-likeness (QED) is 0.333. The summed E-state index contributed by atoms with van der Waals surface area (Å²) in [5.41, 5.74) is 3.06. The van der Waals surface area contributed by atoms with Gasteiger partial charge < -0.3 is 10.2 Å². The molecule has 1 fully saturated rings. The van der Waals surface area contributed by atoms with Gasteiger partial charge in [-0.3, -0.25) is 9.69 Å². The summed E-state index contributed by atoms with van der Waals surface area (Å²) < 4.78 is 3.33. The minimum absolute atomic E-state index is 0.151. The van der Waals surface area contributed by atoms with Gasteiger partial charge in [0.1, 0.15) is 5.39 Å². The smallest absolute Gasteiger partial charge is 0.278 e. The highest BCUT2D eigenvalue weighted by Crippen LogP contribution is 2.24. The summed E-state index contributed by atoms with van der Waals surface area (Å²) in [6, 6.07) is 16.2. The van der Waals surface area contributed by atoms with Gasteiger partial charge >= 0.3 is 0 Å². The average molecular weight is 538 g/mol. The van der Waals surface area contributed by atoms with E-state index in [2.05, 4.69) is 65.7 Å². The van der Waals surface area contributed by atoms with E-state index in [-0.39, 0.29) is 11.0 Å². The Bertz CT molecular complexity index is 1600. The van der Waals surface area contributed by atoms with E-state index in [0.717, 1.165) is 49.8 Å². The van der Waals surface area contributed by atoms with Gasteiger partial charge in [0.25, 0.3) is 5.56 Å². The third-order valence-corrected chi connectivity index (χ3v) is 7.10. The van der Waals surface area contributed by atoms with Crippen molar-refractivity contribution in [3.8, 4) is 11.9 Å². The van der Waals surface area contributed by atoms with E-state index in [9.17, 15) is 4.79 Å². The molecule has 10 heteroatoms. The summed E-state index contributed by atoms with van der Waals surface area (Å²) in [6.45, 7) is 15.1. The molecule has 0 spiro atoms. The van der Waals surface area contributed by atoms with Crippen LogP contribution in [0, 0.1) is 11.3 Å². The van der Waals surface area contributed by atoms with E-state index in [1.54, 1.807) is 21.6 Å². The molecule has 1 aromatic carbocycles. The van der Waals surface area contributed by atoms with Gasteiger partial charge in [-0.05, 0) is 36.4 Å². The summed E-state index contributed by atoms with van der Waals surface area (Å²) in [5, 5.41) is 12.5. The Morgan fingerprint density at radius 2 is 1.82 bits per heavy atom. The van der Waals surface area contributed by atoms with Crippen LogP contribution in [-0.4, -0.2) is 61.9 Å². The molecular weight excluding hydrogens is 502 g/mol. The first-order valence-corrected chi connectivity index (χ1v) is 13.6. The average Bonchev–Trinajstić information content (AvgIpc) is 3.23. The summed E-state index contributed by atoms with van der Waals surface area (Å²) in [7, 11) is 0. The van der Waals surface area contributed by atoms with Crippen LogP contribution in [0.1, 0.15) is 32.9 Å². The number of allylic oxidation sites excluding steroid dienone is 1. The Morgan fingerprint density at radius 3 is 2.50 bits per heavy atom. The molecule has 0 unspecified atom stereocenters. The molecule has 4 aromatic rings. The fraction of sp³-hybridized carbons (Fsp3) is 0.367. The first-order valence-electron chi connectivity index (χ1n) is 13.6. The second-order valence-corrected chi connectivity index (χ2v) is 11.0. The first-order chi connectivity index (χ1) is 19.3. The van der Waals surface area contributed by atoms with Gasteiger partial charge in [-0.1, -0.05) is 32.9 Å². The molecule has 1 aliphatic rings. The lowest BCUT2D eigenvalue weighted by Gasteiger charge is -2.35. The van der Waals surface area contributed by atoms with Crippen LogP contribution < -0.4 is 15.8 Å². The van der Waals surface area contributed by atoms with E-state index in [4.69, 9.17) is 15.2 Å². The van der Waals surface area contributed by atoms with Gasteiger partial charge in [-0.15, -0.1) is 6.58 Å². The summed E-state index contributed by atoms with van der Waals surface area (Å²) in [4.78, 5) is 32.0. The first kappa shape index (κ1) is 27.1. The molecular formula is C30H35N9O. The third-order valence-electron chi connectivity index (χ3n) is 7.10. The maximum absolute atomic E-state index is 13.3. The number of fused-ring (bicyclic) bond motifs is 1. The van der Waals surface area contributed by atoms with Crippen molar-refractivity contribution in [3.63, 3.8) is 0 Å². The second-order valence-electron chi connectivity index (χ2n) is 11.0. The van der Waals surface area contributed by atoms with E-state index in [1.165, 1.54) is 0 Å². The van der Waals surface area contributed by atoms with E-state index in [1.807, 2.05) is 30.3 Å². The van der Waals surface area contributed by atoms with Crippen molar-refractivity contribution >= 4 is 28.4 Å². The van der Waals surface area contributed by atoms with Gasteiger partial charge in [0.05, 0.1) is 12.6 Å². The molecule has 0 aliphatic carbocycles. The summed E-state index contributed by atoms with van der Waals surface area (Å²) in [5.74, 6) is 1.01. The van der Waals surface area contributed by atoms with Crippen molar-refractivity contribution < 1.29 is 0 Å². The predicted molar refractivity (Wildman–Crippen MR) is 158 cm³/mol. The van der Waals surface area contributed by atoms with Crippen molar-refractivity contribution in [2.75, 3.05) is 42.9 Å². The SMILES string of the molecule is C=CCn1c(=O)c2cnc(Nc3ccc(N4CCN(CCC#N)CC4)cc3)nc2n1-c1cccc(C(C)(C)C)n1. The fourth-order valence-electron chi connectivity index (χ4n) is 4.89. The van der Waals surface area contributed by atoms with Crippen molar-refractivity contribution in [2.24, 2.45) is 0 Å². The number of benzene rings is 1. The molecule has 206 valence electrons. The van der Waals surface area contributed by atoms with Crippen molar-refractivity contribution in [1.29, 1.82) is 5.26 Å². The van der Waals surface area contributed by atoms with Gasteiger partial charge in [-0.2, -0.15) is 10.2 Å². The van der Waals surface area contributed by atoms with Crippen LogP contribution in [0.2, 0.25) is 0 Å². The molecule has 40 heavy (non-hydrogen) atoms. The van der Waals surface area contributed by atoms with Gasteiger partial charge in [0.2, 0.25) is 5.95 Å². The van der Waals surface area contributed by atoms with Crippen LogP contribution in [0.15, 0.2) is 66.1 Å². The predicted octanol–water partition coefficient (Wildman–Crippen LogP) is 4.24. The lowest BCUT2D eigenvalue weighted by Crippen LogP contribution is -2.46. The number of hydrogen-bond donors (Lipinski definition) is 1. The number of anilines is 3. The zero-order valence-electron chi connectivity index (χ0n) is 23.3. The normalized spacial score (nSPS) is 14.3. The Kier molecular flexibility index (Phi) is 7.67. The highest BCUT2D eigenvalue weighted by Gasteiger charge is 2.21. The van der Waals surface area contributed by atoms with Crippen LogP contribution >= 0.6 is 0 Å². The fourth-order valence-corrected chi connectivity index (χ4v) is 4.89. The lowest BCUT2D eigenvalue weighted by molar-refractivity contribution is 0.263. The number of hydrogen-bond acceptors (Lipinski definition) is 8. The minimum atomic E-state index is -0.193. The van der Waals surface area contributed by atoms with E-state index >= 15 is 0 Å². The van der Waals surface area contributed by atoms with Gasteiger partial charge in [0, 0.05) is 67.8 Å². The standard InChI is InChI=1S/C30H35N9O/c1-5-15-38-28(40)24-21-32-29(35-27(24)39(38)26-9-6-8-25(34-26)30(2,3)4)33-22-10-12-23(13-11-22)37-19-17-36(18-20-37)16-7-14-31/h5-6,8-13,21H,1,7,15-20H2,2-4H3,(H,32,33,35). The second kappa shape index (κ2) is 11.3. The molecule has 0 saturated carbocycles. The van der Waals surface area contributed by atoms with E-state index in [0.29, 0.717) is 35.8 Å². The number of piperazine rings is 1. The molecule has 1 saturated heterocycles. The third kappa shape index (κ3) is 5.60. The van der Waals surface area contributed by atoms with Crippen LogP contribution in [0.25, 0.3) is 16.9 Å². The Hall–Kier alpha value is -4.49. The molecule has 0 bridgehead atoms. The van der Waals surface area contributed by atoms with Crippen LogP contribution in [0.5, 0.6) is 0 Å². The van der Waals surface area contributed by atoms with E-state index < -0.39 is 0 Å². The number of aromatic nitrogens is 5. The molecule has 0 atom stereocenters. The topological polar surface area (TPSA) is 108 Å². The van der Waals surface area contributed by atoms with Crippen LogP contribution in [-0.2, 0) is 12.0 Å². The highest BCUT2D eigenvalue weighted by atomic mass is 16.1. The van der Waals surface area contributed by atoms with Gasteiger partial charge in [-0.25, -0.2) is 19.3 Å². The van der Waals surface area contributed by atoms with Crippen molar-refractivity contribution in [2.45, 2.75) is 39.2 Å². The number of rotatable bonds is 8. The molecule has 0 amide bonds. The van der Waals surface area contributed by atoms with Crippen LogP contribution in [0.4, 0.5) is 17.3 Å². The van der Waals surface area contributed by atoms with Gasteiger partial charge in [0.15, 0.2) is 11.5 Å². The maximum Gasteiger partial charge on any atom is 0.278 e. The van der Waals surface area contributed by atoms with Crippen LogP contribution in [0.3, 0.4) is 0 Å². The number of pyridine rings is 1. The molecule has 1 aliphatic heterocycles. The summed E-state index contributed by atoms with van der Waals surface area (Å²) in [6.07, 6.45) is 3.82. The molecule has 0 radical (unpaired) electrons. The zero-order chi connectivity index (χ0) is 28.3. The van der Waals surface area contributed by atoms with Crippen molar-refractivity contribution in [1.82, 2.24) is 29.2 Å². The zero-order valence-corrected chi connectivity index (χ0v) is 23.3.